The molecule has 0 amide bonds. The van der Waals surface area contributed by atoms with Crippen molar-refractivity contribution >= 4 is 5.97 Å². The van der Waals surface area contributed by atoms with E-state index in [-0.39, 0.29) is 6.29 Å². The van der Waals surface area contributed by atoms with Crippen LogP contribution in [0.3, 0.4) is 0 Å². The smallest absolute Gasteiger partial charge is 0.342 e. The first kappa shape index (κ1) is 14.0. The summed E-state index contributed by atoms with van der Waals surface area (Å²) < 4.78 is 16.4. The standard InChI is InChI=1S/C15H20O4/c1-15(14(16)17-2,12-8-4-3-5-9-12)19-13-10-6-7-11-18-13/h3-5,8-9,13H,6-7,10-11H2,1-2H3. The molecule has 0 bridgehead atoms. The quantitative estimate of drug-likeness (QED) is 0.784. The van der Waals surface area contributed by atoms with Gasteiger partial charge in [0.1, 0.15) is 0 Å². The Morgan fingerprint density at radius 3 is 2.63 bits per heavy atom. The fourth-order valence-corrected chi connectivity index (χ4v) is 2.25. The highest BCUT2D eigenvalue weighted by atomic mass is 16.7. The van der Waals surface area contributed by atoms with E-state index in [1.165, 1.54) is 7.11 Å². The number of carbonyl (C=O) groups excluding carboxylic acids is 1. The van der Waals surface area contributed by atoms with E-state index in [0.717, 1.165) is 24.8 Å². The number of esters is 1. The van der Waals surface area contributed by atoms with Crippen molar-refractivity contribution in [2.75, 3.05) is 13.7 Å². The number of hydrogen-bond donors (Lipinski definition) is 0. The molecule has 1 fully saturated rings. The zero-order chi connectivity index (χ0) is 13.7. The van der Waals surface area contributed by atoms with Crippen LogP contribution in [0.2, 0.25) is 0 Å². The molecule has 19 heavy (non-hydrogen) atoms. The monoisotopic (exact) mass is 264 g/mol. The van der Waals surface area contributed by atoms with Crippen LogP contribution in [-0.4, -0.2) is 26.0 Å². The van der Waals surface area contributed by atoms with Crippen LogP contribution in [0.25, 0.3) is 0 Å². The summed E-state index contributed by atoms with van der Waals surface area (Å²) >= 11 is 0. The molecule has 0 aliphatic carbocycles. The molecule has 1 aliphatic heterocycles. The van der Waals surface area contributed by atoms with Crippen molar-refractivity contribution in [3.8, 4) is 0 Å². The van der Waals surface area contributed by atoms with Crippen molar-refractivity contribution in [1.82, 2.24) is 0 Å². The van der Waals surface area contributed by atoms with Crippen LogP contribution < -0.4 is 0 Å². The average Bonchev–Trinajstić information content (AvgIpc) is 2.48. The molecule has 1 aliphatic rings. The molecule has 0 saturated carbocycles. The van der Waals surface area contributed by atoms with Crippen LogP contribution in [0.4, 0.5) is 0 Å². The number of ether oxygens (including phenoxy) is 3. The van der Waals surface area contributed by atoms with E-state index >= 15 is 0 Å². The maximum Gasteiger partial charge on any atom is 0.342 e. The summed E-state index contributed by atoms with van der Waals surface area (Å²) in [6.45, 7) is 2.41. The third-order valence-electron chi connectivity index (χ3n) is 3.40. The summed E-state index contributed by atoms with van der Waals surface area (Å²) in [5, 5.41) is 0. The van der Waals surface area contributed by atoms with Gasteiger partial charge < -0.3 is 14.2 Å². The van der Waals surface area contributed by atoms with Crippen LogP contribution in [0.15, 0.2) is 30.3 Å². The van der Waals surface area contributed by atoms with Gasteiger partial charge in [0.25, 0.3) is 0 Å². The van der Waals surface area contributed by atoms with E-state index in [2.05, 4.69) is 0 Å². The summed E-state index contributed by atoms with van der Waals surface area (Å²) in [5.74, 6) is -0.409. The van der Waals surface area contributed by atoms with Crippen LogP contribution in [0.5, 0.6) is 0 Å². The second kappa shape index (κ2) is 6.17. The Morgan fingerprint density at radius 2 is 2.05 bits per heavy atom. The highest BCUT2D eigenvalue weighted by Gasteiger charge is 2.40. The minimum absolute atomic E-state index is 0.349. The van der Waals surface area contributed by atoms with Gasteiger partial charge in [-0.1, -0.05) is 30.3 Å². The van der Waals surface area contributed by atoms with Gasteiger partial charge in [-0.2, -0.15) is 0 Å². The second-order valence-electron chi connectivity index (χ2n) is 4.80. The fraction of sp³-hybridized carbons (Fsp3) is 0.533. The van der Waals surface area contributed by atoms with Crippen molar-refractivity contribution in [2.45, 2.75) is 38.1 Å². The third-order valence-corrected chi connectivity index (χ3v) is 3.40. The molecule has 104 valence electrons. The summed E-state index contributed by atoms with van der Waals surface area (Å²) in [6.07, 6.45) is 2.55. The molecule has 1 aromatic carbocycles. The summed E-state index contributed by atoms with van der Waals surface area (Å²) in [5.41, 5.74) is -0.353. The van der Waals surface area contributed by atoms with E-state index < -0.39 is 11.6 Å². The Balaban J connectivity index is 2.21. The van der Waals surface area contributed by atoms with Crippen molar-refractivity contribution in [3.05, 3.63) is 35.9 Å². The van der Waals surface area contributed by atoms with Crippen LogP contribution >= 0.6 is 0 Å². The molecule has 0 aromatic heterocycles. The fourth-order valence-electron chi connectivity index (χ4n) is 2.25. The normalized spacial score (nSPS) is 22.5. The molecule has 1 heterocycles. The van der Waals surface area contributed by atoms with Gasteiger partial charge in [-0.05, 0) is 31.7 Å². The highest BCUT2D eigenvalue weighted by molar-refractivity contribution is 5.80. The van der Waals surface area contributed by atoms with Gasteiger partial charge in [0.05, 0.1) is 7.11 Å². The molecule has 0 N–H and O–H groups in total. The van der Waals surface area contributed by atoms with E-state index in [0.29, 0.717) is 6.61 Å². The van der Waals surface area contributed by atoms with Crippen molar-refractivity contribution < 1.29 is 19.0 Å². The lowest BCUT2D eigenvalue weighted by atomic mass is 9.95. The van der Waals surface area contributed by atoms with Crippen LogP contribution in [0, 0.1) is 0 Å². The van der Waals surface area contributed by atoms with Crippen molar-refractivity contribution in [1.29, 1.82) is 0 Å². The van der Waals surface area contributed by atoms with Gasteiger partial charge in [-0.3, -0.25) is 0 Å². The minimum atomic E-state index is -1.13. The zero-order valence-corrected chi connectivity index (χ0v) is 11.4. The van der Waals surface area contributed by atoms with Crippen LogP contribution in [0.1, 0.15) is 31.7 Å². The Bertz CT molecular complexity index is 411. The molecule has 2 rings (SSSR count). The Morgan fingerprint density at radius 1 is 1.32 bits per heavy atom. The Labute approximate surface area is 113 Å². The molecule has 0 radical (unpaired) electrons. The van der Waals surface area contributed by atoms with Gasteiger partial charge in [0.2, 0.25) is 0 Å². The maximum absolute atomic E-state index is 12.1. The SMILES string of the molecule is COC(=O)C(C)(OC1CCCCO1)c1ccccc1. The molecular formula is C15H20O4. The summed E-state index contributed by atoms with van der Waals surface area (Å²) in [7, 11) is 1.37. The molecule has 2 atom stereocenters. The summed E-state index contributed by atoms with van der Waals surface area (Å²) in [4.78, 5) is 12.1. The molecule has 1 aromatic rings. The van der Waals surface area contributed by atoms with E-state index in [4.69, 9.17) is 14.2 Å². The minimum Gasteiger partial charge on any atom is -0.467 e. The molecule has 2 unspecified atom stereocenters. The van der Waals surface area contributed by atoms with E-state index in [1.54, 1.807) is 6.92 Å². The van der Waals surface area contributed by atoms with Crippen LogP contribution in [-0.2, 0) is 24.6 Å². The predicted octanol–water partition coefficient (Wildman–Crippen LogP) is 2.62. The van der Waals surface area contributed by atoms with E-state index in [9.17, 15) is 4.79 Å². The number of benzene rings is 1. The predicted molar refractivity (Wildman–Crippen MR) is 70.5 cm³/mol. The first-order valence-electron chi connectivity index (χ1n) is 6.60. The zero-order valence-electron chi connectivity index (χ0n) is 11.4. The van der Waals surface area contributed by atoms with Gasteiger partial charge in [-0.15, -0.1) is 0 Å². The lowest BCUT2D eigenvalue weighted by Gasteiger charge is -2.33. The lowest BCUT2D eigenvalue weighted by molar-refractivity contribution is -0.232. The third kappa shape index (κ3) is 3.14. The average molecular weight is 264 g/mol. The summed E-state index contributed by atoms with van der Waals surface area (Å²) in [6, 6.07) is 9.38. The topological polar surface area (TPSA) is 44.8 Å². The second-order valence-corrected chi connectivity index (χ2v) is 4.80. The van der Waals surface area contributed by atoms with E-state index in [1.807, 2.05) is 30.3 Å². The molecule has 1 saturated heterocycles. The maximum atomic E-state index is 12.1. The van der Waals surface area contributed by atoms with Gasteiger partial charge in [0.15, 0.2) is 11.9 Å². The first-order chi connectivity index (χ1) is 9.16. The number of methoxy groups -OCH3 is 1. The highest BCUT2D eigenvalue weighted by Crippen LogP contribution is 2.31. The first-order valence-corrected chi connectivity index (χ1v) is 6.60. The molecular weight excluding hydrogens is 244 g/mol. The number of carbonyl (C=O) groups is 1. The number of hydrogen-bond acceptors (Lipinski definition) is 4. The Kier molecular flexibility index (Phi) is 4.56. The molecule has 4 nitrogen and oxygen atoms in total. The van der Waals surface area contributed by atoms with Gasteiger partial charge in [0, 0.05) is 6.61 Å². The molecule has 0 spiro atoms. The Hall–Kier alpha value is -1.39. The lowest BCUT2D eigenvalue weighted by Crippen LogP contribution is -2.41. The van der Waals surface area contributed by atoms with Crippen molar-refractivity contribution in [3.63, 3.8) is 0 Å². The molecule has 4 heteroatoms. The number of rotatable bonds is 4. The van der Waals surface area contributed by atoms with Gasteiger partial charge in [-0.25, -0.2) is 4.79 Å². The largest absolute Gasteiger partial charge is 0.467 e. The van der Waals surface area contributed by atoms with Gasteiger partial charge >= 0.3 is 5.97 Å². The van der Waals surface area contributed by atoms with Crippen molar-refractivity contribution in [2.24, 2.45) is 0 Å².